The molecule has 100 valence electrons. The number of rotatable bonds is 8. The molecule has 1 aromatic heterocycles. The van der Waals surface area contributed by atoms with E-state index in [9.17, 15) is 4.79 Å². The number of hydrogen-bond acceptors (Lipinski definition) is 4. The fourth-order valence-electron chi connectivity index (χ4n) is 1.50. The number of hydrogen-bond donors (Lipinski definition) is 2. The number of ether oxygens (including phenoxy) is 1. The number of pyridine rings is 1. The number of halogens is 1. The first kappa shape index (κ1) is 14.7. The first-order valence-corrected chi connectivity index (χ1v) is 6.15. The van der Waals surface area contributed by atoms with Crippen LogP contribution in [0.2, 0.25) is 5.15 Å². The number of nitrogens with one attached hydrogen (secondary N) is 1. The minimum Gasteiger partial charge on any atom is -0.478 e. The molecule has 0 saturated carbocycles. The Bertz CT molecular complexity index is 399. The Morgan fingerprint density at radius 1 is 1.44 bits per heavy atom. The number of methoxy groups -OCH3 is 1. The van der Waals surface area contributed by atoms with Crippen molar-refractivity contribution in [2.45, 2.75) is 19.3 Å². The van der Waals surface area contributed by atoms with Crippen molar-refractivity contribution in [1.82, 2.24) is 4.98 Å². The van der Waals surface area contributed by atoms with Gasteiger partial charge in [0.15, 0.2) is 0 Å². The molecule has 0 atom stereocenters. The van der Waals surface area contributed by atoms with E-state index in [0.29, 0.717) is 12.4 Å². The van der Waals surface area contributed by atoms with Crippen molar-refractivity contribution in [2.75, 3.05) is 25.6 Å². The number of aromatic nitrogens is 1. The SMILES string of the molecule is COCCCCCNc1nc(Cl)ccc1C(=O)O. The van der Waals surface area contributed by atoms with Gasteiger partial charge in [-0.1, -0.05) is 11.6 Å². The summed E-state index contributed by atoms with van der Waals surface area (Å²) in [5.41, 5.74) is 0.135. The third-order valence-corrected chi connectivity index (χ3v) is 2.62. The van der Waals surface area contributed by atoms with Gasteiger partial charge in [-0.15, -0.1) is 0 Å². The Balaban J connectivity index is 2.45. The number of unbranched alkanes of at least 4 members (excludes halogenated alkanes) is 2. The first-order chi connectivity index (χ1) is 8.65. The number of carboxylic acid groups (broad SMARTS) is 1. The quantitative estimate of drug-likeness (QED) is 0.562. The Morgan fingerprint density at radius 2 is 2.22 bits per heavy atom. The first-order valence-electron chi connectivity index (χ1n) is 5.78. The topological polar surface area (TPSA) is 71.5 Å². The Kier molecular flexibility index (Phi) is 6.46. The molecular weight excluding hydrogens is 256 g/mol. The summed E-state index contributed by atoms with van der Waals surface area (Å²) in [6.07, 6.45) is 2.94. The van der Waals surface area contributed by atoms with Crippen LogP contribution in [0.5, 0.6) is 0 Å². The maximum absolute atomic E-state index is 11.0. The summed E-state index contributed by atoms with van der Waals surface area (Å²) >= 11 is 5.74. The van der Waals surface area contributed by atoms with E-state index >= 15 is 0 Å². The molecule has 0 spiro atoms. The lowest BCUT2D eigenvalue weighted by Gasteiger charge is -2.08. The second-order valence-corrected chi connectivity index (χ2v) is 4.20. The van der Waals surface area contributed by atoms with Crippen LogP contribution < -0.4 is 5.32 Å². The normalized spacial score (nSPS) is 10.3. The molecule has 0 aromatic carbocycles. The number of nitrogens with zero attached hydrogens (tertiary/aromatic N) is 1. The molecule has 6 heteroatoms. The zero-order chi connectivity index (χ0) is 13.4. The highest BCUT2D eigenvalue weighted by molar-refractivity contribution is 6.29. The zero-order valence-electron chi connectivity index (χ0n) is 10.3. The summed E-state index contributed by atoms with van der Waals surface area (Å²) in [5.74, 6) is -0.692. The van der Waals surface area contributed by atoms with Crippen molar-refractivity contribution in [3.63, 3.8) is 0 Å². The van der Waals surface area contributed by atoms with Gasteiger partial charge in [-0.2, -0.15) is 0 Å². The molecule has 0 aliphatic rings. The highest BCUT2D eigenvalue weighted by Gasteiger charge is 2.11. The van der Waals surface area contributed by atoms with Gasteiger partial charge in [0.2, 0.25) is 0 Å². The number of anilines is 1. The summed E-state index contributed by atoms with van der Waals surface area (Å²) in [5, 5.41) is 12.3. The van der Waals surface area contributed by atoms with Crippen LogP contribution in [0, 0.1) is 0 Å². The van der Waals surface area contributed by atoms with Gasteiger partial charge in [0.1, 0.15) is 16.5 Å². The fourth-order valence-corrected chi connectivity index (χ4v) is 1.65. The molecule has 0 radical (unpaired) electrons. The Labute approximate surface area is 111 Å². The molecule has 0 aliphatic carbocycles. The van der Waals surface area contributed by atoms with E-state index in [2.05, 4.69) is 10.3 Å². The average molecular weight is 273 g/mol. The van der Waals surface area contributed by atoms with Crippen LogP contribution in [0.3, 0.4) is 0 Å². The van der Waals surface area contributed by atoms with Crippen LogP contribution in [-0.4, -0.2) is 36.3 Å². The van der Waals surface area contributed by atoms with Gasteiger partial charge in [0.05, 0.1) is 0 Å². The predicted octanol–water partition coefficient (Wildman–Crippen LogP) is 2.66. The maximum atomic E-state index is 11.0. The summed E-state index contributed by atoms with van der Waals surface area (Å²) < 4.78 is 4.95. The lowest BCUT2D eigenvalue weighted by Crippen LogP contribution is -2.09. The standard InChI is InChI=1S/C12H17ClN2O3/c1-18-8-4-2-3-7-14-11-9(12(16)17)5-6-10(13)15-11/h5-6H,2-4,7-8H2,1H3,(H,14,15)(H,16,17). The molecule has 1 heterocycles. The van der Waals surface area contributed by atoms with Gasteiger partial charge >= 0.3 is 5.97 Å². The lowest BCUT2D eigenvalue weighted by atomic mass is 10.2. The van der Waals surface area contributed by atoms with Crippen LogP contribution in [0.4, 0.5) is 5.82 Å². The van der Waals surface area contributed by atoms with Crippen LogP contribution in [-0.2, 0) is 4.74 Å². The highest BCUT2D eigenvalue weighted by Crippen LogP contribution is 2.16. The molecule has 0 unspecified atom stereocenters. The van der Waals surface area contributed by atoms with Crippen molar-refractivity contribution in [3.05, 3.63) is 22.8 Å². The predicted molar refractivity (Wildman–Crippen MR) is 70.4 cm³/mol. The lowest BCUT2D eigenvalue weighted by molar-refractivity contribution is 0.0697. The van der Waals surface area contributed by atoms with Gasteiger partial charge in [-0.25, -0.2) is 9.78 Å². The Morgan fingerprint density at radius 3 is 2.89 bits per heavy atom. The number of aromatic carboxylic acids is 1. The van der Waals surface area contributed by atoms with E-state index in [1.165, 1.54) is 12.1 Å². The molecule has 1 aromatic rings. The van der Waals surface area contributed by atoms with Gasteiger partial charge < -0.3 is 15.2 Å². The van der Waals surface area contributed by atoms with Crippen LogP contribution in [0.25, 0.3) is 0 Å². The van der Waals surface area contributed by atoms with Crippen LogP contribution in [0.15, 0.2) is 12.1 Å². The highest BCUT2D eigenvalue weighted by atomic mass is 35.5. The van der Waals surface area contributed by atoms with E-state index in [4.69, 9.17) is 21.4 Å². The second kappa shape index (κ2) is 7.89. The molecule has 0 fully saturated rings. The molecule has 0 amide bonds. The number of carboxylic acids is 1. The van der Waals surface area contributed by atoms with Crippen LogP contribution in [0.1, 0.15) is 29.6 Å². The molecule has 0 saturated heterocycles. The molecule has 1 rings (SSSR count). The van der Waals surface area contributed by atoms with Crippen molar-refractivity contribution in [1.29, 1.82) is 0 Å². The maximum Gasteiger partial charge on any atom is 0.339 e. The summed E-state index contributed by atoms with van der Waals surface area (Å²) in [7, 11) is 1.67. The van der Waals surface area contributed by atoms with E-state index in [-0.39, 0.29) is 10.7 Å². The molecule has 0 aliphatic heterocycles. The molecule has 2 N–H and O–H groups in total. The molecule has 0 bridgehead atoms. The van der Waals surface area contributed by atoms with Gasteiger partial charge in [0, 0.05) is 20.3 Å². The summed E-state index contributed by atoms with van der Waals surface area (Å²) in [6, 6.07) is 2.92. The summed E-state index contributed by atoms with van der Waals surface area (Å²) in [4.78, 5) is 14.9. The fraction of sp³-hybridized carbons (Fsp3) is 0.500. The van der Waals surface area contributed by atoms with E-state index in [0.717, 1.165) is 25.9 Å². The zero-order valence-corrected chi connectivity index (χ0v) is 11.0. The largest absolute Gasteiger partial charge is 0.478 e. The van der Waals surface area contributed by atoms with Gasteiger partial charge in [-0.3, -0.25) is 0 Å². The molecular formula is C12H17ClN2O3. The van der Waals surface area contributed by atoms with Gasteiger partial charge in [0.25, 0.3) is 0 Å². The van der Waals surface area contributed by atoms with Crippen molar-refractivity contribution in [2.24, 2.45) is 0 Å². The van der Waals surface area contributed by atoms with Crippen molar-refractivity contribution < 1.29 is 14.6 Å². The van der Waals surface area contributed by atoms with Crippen molar-refractivity contribution >= 4 is 23.4 Å². The number of carbonyl (C=O) groups is 1. The second-order valence-electron chi connectivity index (χ2n) is 3.82. The molecule has 18 heavy (non-hydrogen) atoms. The van der Waals surface area contributed by atoms with Crippen molar-refractivity contribution in [3.8, 4) is 0 Å². The monoisotopic (exact) mass is 272 g/mol. The van der Waals surface area contributed by atoms with E-state index in [1.807, 2.05) is 0 Å². The third-order valence-electron chi connectivity index (χ3n) is 2.41. The van der Waals surface area contributed by atoms with E-state index in [1.54, 1.807) is 7.11 Å². The van der Waals surface area contributed by atoms with Crippen LogP contribution >= 0.6 is 11.6 Å². The average Bonchev–Trinajstić information content (AvgIpc) is 2.33. The smallest absolute Gasteiger partial charge is 0.339 e. The minimum absolute atomic E-state index is 0.135. The third kappa shape index (κ3) is 4.89. The Hall–Kier alpha value is -1.33. The van der Waals surface area contributed by atoms with E-state index < -0.39 is 5.97 Å². The minimum atomic E-state index is -1.01. The summed E-state index contributed by atoms with van der Waals surface area (Å²) in [6.45, 7) is 1.41. The molecule has 5 nitrogen and oxygen atoms in total. The van der Waals surface area contributed by atoms with Gasteiger partial charge in [-0.05, 0) is 31.4 Å².